The summed E-state index contributed by atoms with van der Waals surface area (Å²) in [5.74, 6) is -0.744. The van der Waals surface area contributed by atoms with Gasteiger partial charge in [-0.3, -0.25) is 0 Å². The van der Waals surface area contributed by atoms with Gasteiger partial charge in [0.25, 0.3) is 0 Å². The number of halogens is 2. The highest BCUT2D eigenvalue weighted by Crippen LogP contribution is 2.31. The SMILES string of the molecule is CNc1cc(C(C)C)nc2c(F)cc(C)c(F)c12. The Morgan fingerprint density at radius 1 is 1.22 bits per heavy atom. The van der Waals surface area contributed by atoms with Crippen molar-refractivity contribution in [1.29, 1.82) is 0 Å². The molecule has 0 aliphatic carbocycles. The Morgan fingerprint density at radius 2 is 1.89 bits per heavy atom. The first kappa shape index (κ1) is 12.7. The molecule has 1 heterocycles. The lowest BCUT2D eigenvalue weighted by molar-refractivity contribution is 0.607. The number of nitrogens with zero attached hydrogens (tertiary/aromatic N) is 1. The van der Waals surface area contributed by atoms with Crippen LogP contribution in [0.15, 0.2) is 12.1 Å². The molecule has 0 aliphatic rings. The minimum atomic E-state index is -0.483. The van der Waals surface area contributed by atoms with E-state index in [1.54, 1.807) is 20.0 Å². The minimum absolute atomic E-state index is 0.0913. The molecule has 0 spiro atoms. The second-order valence-electron chi connectivity index (χ2n) is 4.71. The van der Waals surface area contributed by atoms with Gasteiger partial charge in [-0.05, 0) is 30.5 Å². The van der Waals surface area contributed by atoms with Gasteiger partial charge < -0.3 is 5.32 Å². The van der Waals surface area contributed by atoms with Crippen molar-refractivity contribution in [3.8, 4) is 0 Å². The Bertz CT molecular complexity index is 607. The normalized spacial score (nSPS) is 11.3. The Hall–Kier alpha value is -1.71. The van der Waals surface area contributed by atoms with E-state index >= 15 is 0 Å². The fourth-order valence-electron chi connectivity index (χ4n) is 1.97. The molecule has 0 unspecified atom stereocenters. The molecular formula is C14H16F2N2. The summed E-state index contributed by atoms with van der Waals surface area (Å²) in [4.78, 5) is 4.23. The largest absolute Gasteiger partial charge is 0.387 e. The highest BCUT2D eigenvalue weighted by Gasteiger charge is 2.16. The molecule has 0 aliphatic heterocycles. The van der Waals surface area contributed by atoms with Crippen molar-refractivity contribution < 1.29 is 8.78 Å². The second-order valence-corrected chi connectivity index (χ2v) is 4.71. The molecule has 2 rings (SSSR count). The lowest BCUT2D eigenvalue weighted by atomic mass is 10.0. The van der Waals surface area contributed by atoms with E-state index in [-0.39, 0.29) is 22.4 Å². The third kappa shape index (κ3) is 1.92. The predicted octanol–water partition coefficient (Wildman–Crippen LogP) is 3.99. The maximum Gasteiger partial charge on any atom is 0.149 e. The molecule has 1 N–H and O–H groups in total. The summed E-state index contributed by atoms with van der Waals surface area (Å²) in [6, 6.07) is 2.96. The molecule has 0 fully saturated rings. The number of pyridine rings is 1. The Balaban J connectivity index is 2.91. The highest BCUT2D eigenvalue weighted by atomic mass is 19.1. The molecule has 4 heteroatoms. The van der Waals surface area contributed by atoms with E-state index < -0.39 is 11.6 Å². The zero-order chi connectivity index (χ0) is 13.4. The van der Waals surface area contributed by atoms with Crippen LogP contribution in [0.3, 0.4) is 0 Å². The van der Waals surface area contributed by atoms with Crippen LogP contribution in [0.5, 0.6) is 0 Å². The van der Waals surface area contributed by atoms with Crippen LogP contribution in [0.25, 0.3) is 10.9 Å². The maximum atomic E-state index is 14.1. The Labute approximate surface area is 105 Å². The van der Waals surface area contributed by atoms with Crippen LogP contribution < -0.4 is 5.32 Å². The molecule has 0 radical (unpaired) electrons. The molecule has 0 atom stereocenters. The molecule has 2 nitrogen and oxygen atoms in total. The van der Waals surface area contributed by atoms with Crippen LogP contribution in [-0.4, -0.2) is 12.0 Å². The average molecular weight is 250 g/mol. The topological polar surface area (TPSA) is 24.9 Å². The van der Waals surface area contributed by atoms with Gasteiger partial charge in [-0.15, -0.1) is 0 Å². The van der Waals surface area contributed by atoms with Crippen LogP contribution in [-0.2, 0) is 0 Å². The summed E-state index contributed by atoms with van der Waals surface area (Å²) in [5, 5.41) is 3.14. The van der Waals surface area contributed by atoms with Gasteiger partial charge >= 0.3 is 0 Å². The van der Waals surface area contributed by atoms with Crippen LogP contribution in [0.4, 0.5) is 14.5 Å². The van der Waals surface area contributed by atoms with Crippen molar-refractivity contribution in [2.75, 3.05) is 12.4 Å². The van der Waals surface area contributed by atoms with Crippen LogP contribution in [0.1, 0.15) is 31.0 Å². The van der Waals surface area contributed by atoms with Gasteiger partial charge in [0.1, 0.15) is 17.2 Å². The first-order valence-corrected chi connectivity index (χ1v) is 5.92. The van der Waals surface area contributed by atoms with Crippen LogP contribution in [0, 0.1) is 18.6 Å². The van der Waals surface area contributed by atoms with Crippen LogP contribution >= 0.6 is 0 Å². The van der Waals surface area contributed by atoms with Gasteiger partial charge in [0.15, 0.2) is 0 Å². The zero-order valence-corrected chi connectivity index (χ0v) is 10.9. The van der Waals surface area contributed by atoms with Gasteiger partial charge in [0.05, 0.1) is 5.39 Å². The molecule has 0 bridgehead atoms. The first-order chi connectivity index (χ1) is 8.45. The molecule has 1 aromatic heterocycles. The number of anilines is 1. The third-order valence-electron chi connectivity index (χ3n) is 3.04. The minimum Gasteiger partial charge on any atom is -0.387 e. The lowest BCUT2D eigenvalue weighted by Gasteiger charge is -2.13. The van der Waals surface area contributed by atoms with E-state index in [9.17, 15) is 8.78 Å². The smallest absolute Gasteiger partial charge is 0.149 e. The van der Waals surface area contributed by atoms with Crippen molar-refractivity contribution in [3.05, 3.63) is 35.0 Å². The molecule has 0 amide bonds. The monoisotopic (exact) mass is 250 g/mol. The number of aromatic nitrogens is 1. The van der Waals surface area contributed by atoms with Crippen molar-refractivity contribution in [3.63, 3.8) is 0 Å². The molecule has 96 valence electrons. The van der Waals surface area contributed by atoms with Crippen molar-refractivity contribution in [2.45, 2.75) is 26.7 Å². The summed E-state index contributed by atoms with van der Waals surface area (Å²) in [5.41, 5.74) is 1.70. The number of rotatable bonds is 2. The molecule has 1 aromatic carbocycles. The number of hydrogen-bond acceptors (Lipinski definition) is 2. The second kappa shape index (κ2) is 4.52. The molecule has 18 heavy (non-hydrogen) atoms. The van der Waals surface area contributed by atoms with Crippen molar-refractivity contribution in [1.82, 2.24) is 4.98 Å². The average Bonchev–Trinajstić information content (AvgIpc) is 2.34. The summed E-state index contributed by atoms with van der Waals surface area (Å²) in [6.07, 6.45) is 0. The van der Waals surface area contributed by atoms with E-state index in [2.05, 4.69) is 10.3 Å². The van der Waals surface area contributed by atoms with Crippen molar-refractivity contribution in [2.24, 2.45) is 0 Å². The molecule has 0 saturated heterocycles. The summed E-state index contributed by atoms with van der Waals surface area (Å²) >= 11 is 0. The lowest BCUT2D eigenvalue weighted by Crippen LogP contribution is -2.02. The molecule has 2 aromatic rings. The van der Waals surface area contributed by atoms with E-state index in [1.807, 2.05) is 13.8 Å². The van der Waals surface area contributed by atoms with E-state index in [0.717, 1.165) is 5.69 Å². The number of benzene rings is 1. The van der Waals surface area contributed by atoms with Gasteiger partial charge in [0.2, 0.25) is 0 Å². The third-order valence-corrected chi connectivity index (χ3v) is 3.04. The van der Waals surface area contributed by atoms with E-state index in [4.69, 9.17) is 0 Å². The zero-order valence-electron chi connectivity index (χ0n) is 10.9. The van der Waals surface area contributed by atoms with E-state index in [1.165, 1.54) is 6.07 Å². The predicted molar refractivity (Wildman–Crippen MR) is 70.0 cm³/mol. The first-order valence-electron chi connectivity index (χ1n) is 5.92. The highest BCUT2D eigenvalue weighted by molar-refractivity contribution is 5.93. The van der Waals surface area contributed by atoms with Gasteiger partial charge in [-0.2, -0.15) is 0 Å². The van der Waals surface area contributed by atoms with Crippen molar-refractivity contribution >= 4 is 16.6 Å². The van der Waals surface area contributed by atoms with E-state index in [0.29, 0.717) is 5.69 Å². The Kier molecular flexibility index (Phi) is 3.20. The summed E-state index contributed by atoms with van der Waals surface area (Å²) in [7, 11) is 1.69. The van der Waals surface area contributed by atoms with Gasteiger partial charge in [-0.25, -0.2) is 13.8 Å². The van der Waals surface area contributed by atoms with Gasteiger partial charge in [-0.1, -0.05) is 13.8 Å². The molecule has 0 saturated carbocycles. The number of hydrogen-bond donors (Lipinski definition) is 1. The standard InChI is InChI=1S/C14H16F2N2/c1-7(2)10-6-11(17-4)12-13(16)8(3)5-9(15)14(12)18-10/h5-7H,1-4H3,(H,17,18). The number of aryl methyl sites for hydroxylation is 1. The maximum absolute atomic E-state index is 14.1. The number of nitrogens with one attached hydrogen (secondary N) is 1. The number of fused-ring (bicyclic) bond motifs is 1. The Morgan fingerprint density at radius 3 is 2.44 bits per heavy atom. The summed E-state index contributed by atoms with van der Waals surface area (Å²) < 4.78 is 28.0. The fraction of sp³-hybridized carbons (Fsp3) is 0.357. The fourth-order valence-corrected chi connectivity index (χ4v) is 1.97. The van der Waals surface area contributed by atoms with Crippen LogP contribution in [0.2, 0.25) is 0 Å². The molecular weight excluding hydrogens is 234 g/mol. The quantitative estimate of drug-likeness (QED) is 0.871. The van der Waals surface area contributed by atoms with Gasteiger partial charge in [0, 0.05) is 18.4 Å². The summed E-state index contributed by atoms with van der Waals surface area (Å²) in [6.45, 7) is 5.49.